The molecule has 0 fully saturated rings. The maximum Gasteiger partial charge on any atom is 0.384 e. The average Bonchev–Trinajstić information content (AvgIpc) is 2.53. The molecule has 1 unspecified atom stereocenters. The van der Waals surface area contributed by atoms with Crippen molar-refractivity contribution in [1.82, 2.24) is 0 Å². The molecule has 0 amide bonds. The Labute approximate surface area is 128 Å². The van der Waals surface area contributed by atoms with Crippen molar-refractivity contribution in [3.8, 4) is 11.8 Å². The van der Waals surface area contributed by atoms with Gasteiger partial charge in [-0.15, -0.1) is 0 Å². The van der Waals surface area contributed by atoms with Gasteiger partial charge in [0.1, 0.15) is 6.04 Å². The lowest BCUT2D eigenvalue weighted by molar-refractivity contribution is -0.133. The van der Waals surface area contributed by atoms with Crippen molar-refractivity contribution in [2.75, 3.05) is 12.4 Å². The van der Waals surface area contributed by atoms with E-state index in [1.54, 1.807) is 12.1 Å². The molecule has 0 aliphatic carbocycles. The first-order chi connectivity index (χ1) is 10.2. The van der Waals surface area contributed by atoms with Crippen LogP contribution in [0.3, 0.4) is 0 Å². The van der Waals surface area contributed by atoms with Crippen LogP contribution in [0.2, 0.25) is 5.02 Å². The summed E-state index contributed by atoms with van der Waals surface area (Å²) in [4.78, 5) is 11.2. The van der Waals surface area contributed by atoms with Crippen LogP contribution in [0.4, 0.5) is 5.69 Å². The molecule has 0 heterocycles. The number of carbonyl (C=O) groups is 1. The molecule has 0 spiro atoms. The summed E-state index contributed by atoms with van der Waals surface area (Å²) >= 11 is 5.90. The summed E-state index contributed by atoms with van der Waals surface area (Å²) in [7, 11) is 1.30. The van der Waals surface area contributed by atoms with Gasteiger partial charge in [0.25, 0.3) is 0 Å². The van der Waals surface area contributed by atoms with Crippen molar-refractivity contribution in [2.45, 2.75) is 6.04 Å². The molecule has 106 valence electrons. The molecule has 0 aliphatic heterocycles. The zero-order chi connectivity index (χ0) is 15.1. The number of halogens is 1. The van der Waals surface area contributed by atoms with Crippen LogP contribution in [0.25, 0.3) is 0 Å². The van der Waals surface area contributed by atoms with Gasteiger partial charge in [0.2, 0.25) is 0 Å². The van der Waals surface area contributed by atoms with E-state index in [1.807, 2.05) is 42.5 Å². The van der Waals surface area contributed by atoms with E-state index in [2.05, 4.69) is 21.9 Å². The molecule has 0 radical (unpaired) electrons. The van der Waals surface area contributed by atoms with Crippen molar-refractivity contribution >= 4 is 23.3 Å². The van der Waals surface area contributed by atoms with Gasteiger partial charge in [-0.1, -0.05) is 47.9 Å². The third kappa shape index (κ3) is 4.55. The minimum Gasteiger partial charge on any atom is -0.459 e. The predicted molar refractivity (Wildman–Crippen MR) is 84.0 cm³/mol. The maximum atomic E-state index is 11.2. The lowest BCUT2D eigenvalue weighted by Gasteiger charge is -2.15. The zero-order valence-corrected chi connectivity index (χ0v) is 12.2. The lowest BCUT2D eigenvalue weighted by atomic mass is 10.1. The number of esters is 1. The summed E-state index contributed by atoms with van der Waals surface area (Å²) in [5.74, 6) is 4.77. The Morgan fingerprint density at radius 2 is 1.81 bits per heavy atom. The highest BCUT2D eigenvalue weighted by Gasteiger charge is 2.08. The molecule has 0 bridgehead atoms. The molecule has 0 saturated heterocycles. The monoisotopic (exact) mass is 299 g/mol. The molecule has 3 nitrogen and oxygen atoms in total. The number of methoxy groups -OCH3 is 1. The van der Waals surface area contributed by atoms with Crippen molar-refractivity contribution in [3.63, 3.8) is 0 Å². The van der Waals surface area contributed by atoms with Crippen LogP contribution in [-0.4, -0.2) is 13.1 Å². The van der Waals surface area contributed by atoms with Crippen LogP contribution in [0.5, 0.6) is 0 Å². The van der Waals surface area contributed by atoms with Gasteiger partial charge in [0, 0.05) is 16.6 Å². The topological polar surface area (TPSA) is 38.3 Å². The number of benzene rings is 2. The second kappa shape index (κ2) is 7.37. The summed E-state index contributed by atoms with van der Waals surface area (Å²) in [5.41, 5.74) is 1.83. The van der Waals surface area contributed by atoms with Crippen LogP contribution < -0.4 is 5.32 Å². The maximum absolute atomic E-state index is 11.2. The number of hydrogen-bond donors (Lipinski definition) is 1. The number of para-hydroxylation sites is 1. The first-order valence-electron chi connectivity index (χ1n) is 6.35. The second-order valence-electron chi connectivity index (χ2n) is 4.26. The number of ether oxygens (including phenoxy) is 1. The smallest absolute Gasteiger partial charge is 0.384 e. The molecule has 21 heavy (non-hydrogen) atoms. The van der Waals surface area contributed by atoms with Gasteiger partial charge in [-0.05, 0) is 29.8 Å². The van der Waals surface area contributed by atoms with Gasteiger partial charge in [-0.25, -0.2) is 4.79 Å². The minimum absolute atomic E-state index is 0.330. The Bertz CT molecular complexity index is 657. The van der Waals surface area contributed by atoms with Gasteiger partial charge in [-0.3, -0.25) is 0 Å². The summed E-state index contributed by atoms with van der Waals surface area (Å²) in [6.45, 7) is 0. The van der Waals surface area contributed by atoms with E-state index >= 15 is 0 Å². The highest BCUT2D eigenvalue weighted by atomic mass is 35.5. The van der Waals surface area contributed by atoms with E-state index in [4.69, 9.17) is 11.6 Å². The van der Waals surface area contributed by atoms with E-state index < -0.39 is 5.97 Å². The number of anilines is 1. The zero-order valence-electron chi connectivity index (χ0n) is 11.5. The number of rotatable bonds is 3. The largest absolute Gasteiger partial charge is 0.459 e. The third-order valence-electron chi connectivity index (χ3n) is 2.79. The molecular formula is C17H14ClNO2. The van der Waals surface area contributed by atoms with E-state index in [0.29, 0.717) is 5.02 Å². The molecule has 0 aromatic heterocycles. The Morgan fingerprint density at radius 1 is 1.14 bits per heavy atom. The van der Waals surface area contributed by atoms with Crippen molar-refractivity contribution < 1.29 is 9.53 Å². The quantitative estimate of drug-likeness (QED) is 0.534. The molecule has 1 N–H and O–H groups in total. The Hall–Kier alpha value is -2.44. The van der Waals surface area contributed by atoms with Gasteiger partial charge in [0.05, 0.1) is 7.11 Å². The summed E-state index contributed by atoms with van der Waals surface area (Å²) in [5, 5.41) is 3.92. The van der Waals surface area contributed by atoms with Crippen LogP contribution in [0, 0.1) is 11.8 Å². The molecule has 2 aromatic rings. The van der Waals surface area contributed by atoms with E-state index in [-0.39, 0.29) is 6.04 Å². The van der Waals surface area contributed by atoms with Gasteiger partial charge >= 0.3 is 5.97 Å². The van der Waals surface area contributed by atoms with E-state index in [1.165, 1.54) is 7.11 Å². The third-order valence-corrected chi connectivity index (χ3v) is 3.04. The van der Waals surface area contributed by atoms with Crippen LogP contribution >= 0.6 is 11.6 Å². The normalized spacial score (nSPS) is 11.0. The first-order valence-corrected chi connectivity index (χ1v) is 6.73. The first kappa shape index (κ1) is 15.0. The van der Waals surface area contributed by atoms with Gasteiger partial charge in [0.15, 0.2) is 0 Å². The van der Waals surface area contributed by atoms with Gasteiger partial charge < -0.3 is 10.1 Å². The van der Waals surface area contributed by atoms with Crippen molar-refractivity contribution in [3.05, 3.63) is 65.2 Å². The molecule has 1 atom stereocenters. The highest BCUT2D eigenvalue weighted by Crippen LogP contribution is 2.20. The summed E-state index contributed by atoms with van der Waals surface area (Å²) in [6, 6.07) is 16.6. The molecule has 2 rings (SSSR count). The van der Waals surface area contributed by atoms with Crippen molar-refractivity contribution in [1.29, 1.82) is 0 Å². The second-order valence-corrected chi connectivity index (χ2v) is 4.69. The van der Waals surface area contributed by atoms with E-state index in [0.717, 1.165) is 11.3 Å². The fourth-order valence-corrected chi connectivity index (χ4v) is 1.87. The Morgan fingerprint density at radius 3 is 2.43 bits per heavy atom. The van der Waals surface area contributed by atoms with Crippen LogP contribution in [0.15, 0.2) is 54.6 Å². The molecule has 4 heteroatoms. The molecular weight excluding hydrogens is 286 g/mol. The summed E-state index contributed by atoms with van der Waals surface area (Å²) < 4.78 is 4.54. The van der Waals surface area contributed by atoms with Crippen molar-refractivity contribution in [2.24, 2.45) is 0 Å². The van der Waals surface area contributed by atoms with E-state index in [9.17, 15) is 4.79 Å². The minimum atomic E-state index is -0.566. The Kier molecular flexibility index (Phi) is 5.25. The molecule has 2 aromatic carbocycles. The fourth-order valence-electron chi connectivity index (χ4n) is 1.74. The lowest BCUT2D eigenvalue weighted by Crippen LogP contribution is -2.09. The number of carbonyl (C=O) groups excluding carboxylic acids is 1. The number of hydrogen-bond acceptors (Lipinski definition) is 3. The van der Waals surface area contributed by atoms with Crippen LogP contribution in [-0.2, 0) is 9.53 Å². The molecule has 0 aliphatic rings. The van der Waals surface area contributed by atoms with Gasteiger partial charge in [-0.2, -0.15) is 0 Å². The highest BCUT2D eigenvalue weighted by molar-refractivity contribution is 6.30. The Balaban J connectivity index is 2.27. The standard InChI is InChI=1S/C17H14ClNO2/c1-21-17(20)12-11-16(13-7-9-14(18)10-8-13)19-15-5-3-2-4-6-15/h2-10,16,19H,1H3. The summed E-state index contributed by atoms with van der Waals surface area (Å²) in [6.07, 6.45) is 0. The van der Waals surface area contributed by atoms with Crippen LogP contribution in [0.1, 0.15) is 11.6 Å². The average molecular weight is 300 g/mol. The fraction of sp³-hybridized carbons (Fsp3) is 0.118. The predicted octanol–water partition coefficient (Wildman–Crippen LogP) is 3.67. The number of nitrogens with one attached hydrogen (secondary N) is 1. The molecule has 0 saturated carbocycles. The SMILES string of the molecule is COC(=O)C#CC(Nc1ccccc1)c1ccc(Cl)cc1.